The first-order chi connectivity index (χ1) is 8.80. The summed E-state index contributed by atoms with van der Waals surface area (Å²) in [5.74, 6) is 0.389. The monoisotopic (exact) mass is 284 g/mol. The van der Waals surface area contributed by atoms with Crippen LogP contribution in [-0.2, 0) is 16.9 Å². The second-order valence-corrected chi connectivity index (χ2v) is 7.48. The number of Topliss-reactive ketones (excluding diaryl/α,β-unsaturated/α-hetero) is 1. The molecule has 0 saturated carbocycles. The zero-order chi connectivity index (χ0) is 14.2. The van der Waals surface area contributed by atoms with Gasteiger partial charge in [-0.2, -0.15) is 0 Å². The zero-order valence-electron chi connectivity index (χ0n) is 11.6. The molecule has 1 aromatic heterocycles. The van der Waals surface area contributed by atoms with Gasteiger partial charge in [0.15, 0.2) is 15.6 Å². The Morgan fingerprint density at radius 3 is 2.63 bits per heavy atom. The van der Waals surface area contributed by atoms with Crippen LogP contribution in [0.15, 0.2) is 6.07 Å². The Balaban J connectivity index is 1.97. The Bertz CT molecular complexity index is 602. The molecule has 2 rings (SSSR count). The molecule has 0 radical (unpaired) electrons. The lowest BCUT2D eigenvalue weighted by molar-refractivity contribution is 0.0987. The van der Waals surface area contributed by atoms with Gasteiger partial charge in [0.05, 0.1) is 18.1 Å². The lowest BCUT2D eigenvalue weighted by atomic mass is 10.1. The molecule has 19 heavy (non-hydrogen) atoms. The molecular weight excluding hydrogens is 264 g/mol. The van der Waals surface area contributed by atoms with E-state index in [-0.39, 0.29) is 29.9 Å². The summed E-state index contributed by atoms with van der Waals surface area (Å²) in [4.78, 5) is 12.1. The minimum Gasteiger partial charge on any atom is -0.351 e. The van der Waals surface area contributed by atoms with E-state index >= 15 is 0 Å². The predicted molar refractivity (Wildman–Crippen MR) is 74.3 cm³/mol. The summed E-state index contributed by atoms with van der Waals surface area (Å²) in [5.41, 5.74) is 2.71. The summed E-state index contributed by atoms with van der Waals surface area (Å²) in [7, 11) is -0.968. The second kappa shape index (κ2) is 5.09. The van der Waals surface area contributed by atoms with E-state index in [1.807, 2.05) is 31.5 Å². The Morgan fingerprint density at radius 1 is 1.47 bits per heavy atom. The average molecular weight is 284 g/mol. The van der Waals surface area contributed by atoms with Crippen molar-refractivity contribution in [2.45, 2.75) is 26.3 Å². The summed E-state index contributed by atoms with van der Waals surface area (Å²) in [6.07, 6.45) is 0.600. The van der Waals surface area contributed by atoms with E-state index in [2.05, 4.69) is 5.32 Å². The van der Waals surface area contributed by atoms with Crippen molar-refractivity contribution in [3.63, 3.8) is 0 Å². The molecule has 0 bridgehead atoms. The lowest BCUT2D eigenvalue weighted by Gasteiger charge is -2.09. The van der Waals surface area contributed by atoms with Crippen LogP contribution >= 0.6 is 0 Å². The molecule has 0 spiro atoms. The van der Waals surface area contributed by atoms with E-state index in [9.17, 15) is 13.2 Å². The van der Waals surface area contributed by atoms with Gasteiger partial charge < -0.3 is 9.88 Å². The van der Waals surface area contributed by atoms with Crippen molar-refractivity contribution in [3.8, 4) is 0 Å². The van der Waals surface area contributed by atoms with Gasteiger partial charge in [0.25, 0.3) is 0 Å². The number of nitrogens with one attached hydrogen (secondary N) is 1. The van der Waals surface area contributed by atoms with E-state index in [1.54, 1.807) is 0 Å². The van der Waals surface area contributed by atoms with E-state index in [0.717, 1.165) is 11.4 Å². The Labute approximate surface area is 113 Å². The fourth-order valence-electron chi connectivity index (χ4n) is 2.43. The molecule has 1 unspecified atom stereocenters. The second-order valence-electron chi connectivity index (χ2n) is 5.25. The van der Waals surface area contributed by atoms with Crippen molar-refractivity contribution in [1.82, 2.24) is 9.88 Å². The van der Waals surface area contributed by atoms with Crippen LogP contribution in [0.2, 0.25) is 0 Å². The number of aromatic nitrogens is 1. The molecule has 1 saturated heterocycles. The minimum atomic E-state index is -2.90. The van der Waals surface area contributed by atoms with E-state index in [1.165, 1.54) is 0 Å². The summed E-state index contributed by atoms with van der Waals surface area (Å²) >= 11 is 0. The smallest absolute Gasteiger partial charge is 0.178 e. The average Bonchev–Trinajstić information content (AvgIpc) is 2.81. The van der Waals surface area contributed by atoms with Gasteiger partial charge in [-0.1, -0.05) is 0 Å². The Morgan fingerprint density at radius 2 is 2.16 bits per heavy atom. The predicted octanol–water partition coefficient (Wildman–Crippen LogP) is 0.601. The number of carbonyl (C=O) groups is 1. The number of hydrogen-bond acceptors (Lipinski definition) is 4. The van der Waals surface area contributed by atoms with Crippen molar-refractivity contribution < 1.29 is 13.2 Å². The standard InChI is InChI=1S/C13H20N2O3S/c1-9-6-12(10(2)15(9)3)13(16)7-14-11-4-5-19(17,18)8-11/h6,11,14H,4-5,7-8H2,1-3H3. The van der Waals surface area contributed by atoms with Gasteiger partial charge >= 0.3 is 0 Å². The summed E-state index contributed by atoms with van der Waals surface area (Å²) in [6, 6.07) is 1.80. The van der Waals surface area contributed by atoms with Gasteiger partial charge in [-0.25, -0.2) is 8.42 Å². The van der Waals surface area contributed by atoms with Gasteiger partial charge in [0.1, 0.15) is 0 Å². The molecule has 1 aliphatic rings. The van der Waals surface area contributed by atoms with E-state index in [0.29, 0.717) is 12.0 Å². The van der Waals surface area contributed by atoms with E-state index in [4.69, 9.17) is 0 Å². The van der Waals surface area contributed by atoms with E-state index < -0.39 is 9.84 Å². The molecule has 1 N–H and O–H groups in total. The molecule has 0 aromatic carbocycles. The molecule has 0 amide bonds. The number of nitrogens with zero attached hydrogens (tertiary/aromatic N) is 1. The molecule has 1 aliphatic heterocycles. The van der Waals surface area contributed by atoms with Crippen LogP contribution in [0.1, 0.15) is 28.2 Å². The van der Waals surface area contributed by atoms with Crippen LogP contribution in [0, 0.1) is 13.8 Å². The molecule has 0 aliphatic carbocycles. The molecule has 6 heteroatoms. The number of ketones is 1. The van der Waals surface area contributed by atoms with Crippen molar-refractivity contribution in [3.05, 3.63) is 23.0 Å². The van der Waals surface area contributed by atoms with Gasteiger partial charge in [0.2, 0.25) is 0 Å². The van der Waals surface area contributed by atoms with Crippen LogP contribution in [0.5, 0.6) is 0 Å². The molecule has 2 heterocycles. The quantitative estimate of drug-likeness (QED) is 0.822. The molecule has 5 nitrogen and oxygen atoms in total. The van der Waals surface area contributed by atoms with Crippen molar-refractivity contribution in [2.75, 3.05) is 18.1 Å². The number of hydrogen-bond donors (Lipinski definition) is 1. The third-order valence-electron chi connectivity index (χ3n) is 3.86. The highest BCUT2D eigenvalue weighted by molar-refractivity contribution is 7.91. The third kappa shape index (κ3) is 3.06. The lowest BCUT2D eigenvalue weighted by Crippen LogP contribution is -2.34. The number of rotatable bonds is 4. The van der Waals surface area contributed by atoms with Crippen LogP contribution < -0.4 is 5.32 Å². The first kappa shape index (κ1) is 14.3. The zero-order valence-corrected chi connectivity index (χ0v) is 12.4. The third-order valence-corrected chi connectivity index (χ3v) is 5.63. The highest BCUT2D eigenvalue weighted by Crippen LogP contribution is 2.15. The SMILES string of the molecule is Cc1cc(C(=O)CNC2CCS(=O)(=O)C2)c(C)n1C. The normalized spacial score (nSPS) is 21.7. The number of sulfone groups is 1. The highest BCUT2D eigenvalue weighted by atomic mass is 32.2. The van der Waals surface area contributed by atoms with Crippen LogP contribution in [0.4, 0.5) is 0 Å². The fourth-order valence-corrected chi connectivity index (χ4v) is 4.13. The topological polar surface area (TPSA) is 68.2 Å². The minimum absolute atomic E-state index is 0.0190. The van der Waals surface area contributed by atoms with Gasteiger partial charge in [0, 0.05) is 30.0 Å². The summed E-state index contributed by atoms with van der Waals surface area (Å²) < 4.78 is 24.6. The largest absolute Gasteiger partial charge is 0.351 e. The first-order valence-corrected chi connectivity index (χ1v) is 8.22. The number of carbonyl (C=O) groups excluding carboxylic acids is 1. The van der Waals surface area contributed by atoms with Crippen molar-refractivity contribution in [2.24, 2.45) is 7.05 Å². The summed E-state index contributed by atoms with van der Waals surface area (Å²) in [6.45, 7) is 4.07. The molecule has 106 valence electrons. The van der Waals surface area contributed by atoms with Gasteiger partial charge in [-0.3, -0.25) is 4.79 Å². The van der Waals surface area contributed by atoms with Gasteiger partial charge in [-0.05, 0) is 26.3 Å². The Hall–Kier alpha value is -1.14. The van der Waals surface area contributed by atoms with Crippen molar-refractivity contribution in [1.29, 1.82) is 0 Å². The summed E-state index contributed by atoms with van der Waals surface area (Å²) in [5, 5.41) is 3.05. The maximum atomic E-state index is 12.1. The van der Waals surface area contributed by atoms with Crippen LogP contribution in [0.25, 0.3) is 0 Å². The molecular formula is C13H20N2O3S. The molecule has 1 fully saturated rings. The maximum Gasteiger partial charge on any atom is 0.178 e. The fraction of sp³-hybridized carbons (Fsp3) is 0.615. The Kier molecular flexibility index (Phi) is 3.82. The number of aryl methyl sites for hydroxylation is 1. The maximum absolute atomic E-state index is 12.1. The first-order valence-electron chi connectivity index (χ1n) is 6.40. The molecule has 1 aromatic rings. The van der Waals surface area contributed by atoms with Crippen LogP contribution in [-0.4, -0.2) is 42.9 Å². The van der Waals surface area contributed by atoms with Crippen LogP contribution in [0.3, 0.4) is 0 Å². The van der Waals surface area contributed by atoms with Crippen molar-refractivity contribution >= 4 is 15.6 Å². The molecule has 1 atom stereocenters. The van der Waals surface area contributed by atoms with Gasteiger partial charge in [-0.15, -0.1) is 0 Å². The highest BCUT2D eigenvalue weighted by Gasteiger charge is 2.28.